The average Bonchev–Trinajstić information content (AvgIpc) is 3.56. The van der Waals surface area contributed by atoms with Crippen LogP contribution >= 0.6 is 11.3 Å². The van der Waals surface area contributed by atoms with Crippen LogP contribution in [0, 0.1) is 6.92 Å². The van der Waals surface area contributed by atoms with E-state index in [1.54, 1.807) is 11.3 Å². The van der Waals surface area contributed by atoms with E-state index in [-0.39, 0.29) is 30.4 Å². The van der Waals surface area contributed by atoms with Crippen molar-refractivity contribution in [1.29, 1.82) is 0 Å². The number of thiazole rings is 1. The van der Waals surface area contributed by atoms with Gasteiger partial charge in [-0.15, -0.1) is 11.3 Å². The van der Waals surface area contributed by atoms with Crippen LogP contribution in [0.4, 0.5) is 5.69 Å². The molecule has 2 amide bonds. The molecule has 182 valence electrons. The minimum Gasteiger partial charge on any atom is -0.392 e. The smallest absolute Gasteiger partial charge is 0.228 e. The molecule has 3 heterocycles. The van der Waals surface area contributed by atoms with Crippen LogP contribution in [0.5, 0.6) is 0 Å². The highest BCUT2D eigenvalue weighted by Gasteiger charge is 2.29. The molecule has 0 saturated carbocycles. The minimum absolute atomic E-state index is 0.00826. The molecular weight excluding hydrogens is 460 g/mol. The summed E-state index contributed by atoms with van der Waals surface area (Å²) in [6, 6.07) is 13.9. The molecule has 2 aliphatic rings. The Morgan fingerprint density at radius 3 is 2.91 bits per heavy atom. The Morgan fingerprint density at radius 1 is 1.31 bits per heavy atom. The molecule has 0 radical (unpaired) electrons. The summed E-state index contributed by atoms with van der Waals surface area (Å²) in [6.07, 6.45) is 1.08. The van der Waals surface area contributed by atoms with Crippen molar-refractivity contribution in [2.24, 2.45) is 0 Å². The third-order valence-electron chi connectivity index (χ3n) is 6.88. The molecule has 2 aromatic carbocycles. The predicted octanol–water partition coefficient (Wildman–Crippen LogP) is 3.42. The fraction of sp³-hybridized carbons (Fsp3) is 0.370. The van der Waals surface area contributed by atoms with E-state index >= 15 is 0 Å². The zero-order valence-electron chi connectivity index (χ0n) is 20.0. The first-order valence-corrected chi connectivity index (χ1v) is 12.8. The van der Waals surface area contributed by atoms with E-state index in [0.29, 0.717) is 19.5 Å². The average molecular weight is 491 g/mol. The zero-order chi connectivity index (χ0) is 24.5. The van der Waals surface area contributed by atoms with Crippen LogP contribution in [-0.2, 0) is 22.4 Å². The summed E-state index contributed by atoms with van der Waals surface area (Å²) in [5.74, 6) is -0.00225. The highest BCUT2D eigenvalue weighted by molar-refractivity contribution is 7.09. The molecule has 8 heteroatoms. The fourth-order valence-electron chi connectivity index (χ4n) is 4.92. The van der Waals surface area contributed by atoms with E-state index in [1.807, 2.05) is 43.1 Å². The first-order chi connectivity index (χ1) is 16.9. The largest absolute Gasteiger partial charge is 0.392 e. The molecule has 0 aliphatic carbocycles. The van der Waals surface area contributed by atoms with Crippen LogP contribution in [0.15, 0.2) is 47.8 Å². The van der Waals surface area contributed by atoms with Crippen LogP contribution in [-0.4, -0.2) is 64.5 Å². The molecule has 2 aliphatic heterocycles. The van der Waals surface area contributed by atoms with Crippen LogP contribution in [0.3, 0.4) is 0 Å². The first kappa shape index (κ1) is 23.7. The summed E-state index contributed by atoms with van der Waals surface area (Å²) >= 11 is 1.62. The van der Waals surface area contributed by atoms with Gasteiger partial charge in [0.2, 0.25) is 11.8 Å². The van der Waals surface area contributed by atoms with Gasteiger partial charge in [0.15, 0.2) is 0 Å². The monoisotopic (exact) mass is 490 g/mol. The molecule has 1 aromatic heterocycles. The minimum atomic E-state index is -0.317. The molecular formula is C27H30N4O3S. The van der Waals surface area contributed by atoms with Crippen molar-refractivity contribution in [2.75, 3.05) is 32.0 Å². The Morgan fingerprint density at radius 2 is 2.17 bits per heavy atom. The first-order valence-electron chi connectivity index (χ1n) is 12.0. The van der Waals surface area contributed by atoms with E-state index in [0.717, 1.165) is 51.6 Å². The van der Waals surface area contributed by atoms with Gasteiger partial charge >= 0.3 is 0 Å². The van der Waals surface area contributed by atoms with E-state index in [1.165, 1.54) is 0 Å². The maximum Gasteiger partial charge on any atom is 0.228 e. The van der Waals surface area contributed by atoms with Gasteiger partial charge in [0.1, 0.15) is 0 Å². The summed E-state index contributed by atoms with van der Waals surface area (Å²) in [7, 11) is 1.86. The lowest BCUT2D eigenvalue weighted by Gasteiger charge is -2.32. The number of rotatable bonds is 7. The second-order valence-corrected chi connectivity index (χ2v) is 10.6. The maximum atomic E-state index is 13.4. The molecule has 0 spiro atoms. The van der Waals surface area contributed by atoms with Crippen molar-refractivity contribution in [1.82, 2.24) is 14.8 Å². The third-order valence-corrected chi connectivity index (χ3v) is 7.65. The highest BCUT2D eigenvalue weighted by atomic mass is 32.1. The lowest BCUT2D eigenvalue weighted by atomic mass is 10.00. The second-order valence-electron chi connectivity index (χ2n) is 9.49. The Hall–Kier alpha value is -3.07. The third kappa shape index (κ3) is 5.29. The van der Waals surface area contributed by atoms with Gasteiger partial charge in [-0.3, -0.25) is 14.5 Å². The van der Waals surface area contributed by atoms with Crippen LogP contribution in [0.2, 0.25) is 0 Å². The van der Waals surface area contributed by atoms with Crippen LogP contribution in [0.25, 0.3) is 11.3 Å². The van der Waals surface area contributed by atoms with E-state index in [9.17, 15) is 14.7 Å². The summed E-state index contributed by atoms with van der Waals surface area (Å²) < 4.78 is 0. The maximum absolute atomic E-state index is 13.4. The van der Waals surface area contributed by atoms with Gasteiger partial charge in [-0.1, -0.05) is 30.3 Å². The zero-order valence-corrected chi connectivity index (χ0v) is 20.8. The standard InChI is InChI=1S/C27H30N4O3S/c1-17-28-24(16-35-17)19-4-3-5-21(12-19)25(15-31-9-8-22(32)14-31)30(2)27(34)11-18-6-7-20-13-26(33)29-23(20)10-18/h3-7,10,12,16,22,25,32H,8-9,11,13-15H2,1-2H3,(H,29,33)/t22?,25-/m1/s1. The molecule has 5 rings (SSSR count). The number of fused-ring (bicyclic) bond motifs is 1. The van der Waals surface area contributed by atoms with Gasteiger partial charge in [-0.25, -0.2) is 4.98 Å². The summed E-state index contributed by atoms with van der Waals surface area (Å²) in [5.41, 5.74) is 5.68. The molecule has 1 unspecified atom stereocenters. The van der Waals surface area contributed by atoms with Crippen molar-refractivity contribution < 1.29 is 14.7 Å². The number of hydrogen-bond donors (Lipinski definition) is 2. The number of aromatic nitrogens is 1. The number of anilines is 1. The SMILES string of the molecule is Cc1nc(-c2cccc([C@@H](CN3CCC(O)C3)N(C)C(=O)Cc3ccc4c(c3)NC(=O)C4)c2)cs1. The Bertz CT molecular complexity index is 1260. The normalized spacial score (nSPS) is 18.4. The molecule has 2 atom stereocenters. The molecule has 2 N–H and O–H groups in total. The number of likely N-dealkylation sites (N-methyl/N-ethyl adjacent to an activating group) is 1. The predicted molar refractivity (Wildman–Crippen MR) is 137 cm³/mol. The Labute approximate surface area is 209 Å². The van der Waals surface area contributed by atoms with E-state index in [2.05, 4.69) is 38.8 Å². The number of aliphatic hydroxyl groups excluding tert-OH is 1. The van der Waals surface area contributed by atoms with Crippen molar-refractivity contribution in [3.63, 3.8) is 0 Å². The number of carbonyl (C=O) groups is 2. The number of likely N-dealkylation sites (tertiary alicyclic amines) is 1. The van der Waals surface area contributed by atoms with Gasteiger partial charge in [-0.2, -0.15) is 0 Å². The number of hydrogen-bond acceptors (Lipinski definition) is 6. The van der Waals surface area contributed by atoms with E-state index < -0.39 is 0 Å². The van der Waals surface area contributed by atoms with Crippen molar-refractivity contribution >= 4 is 28.8 Å². The van der Waals surface area contributed by atoms with Gasteiger partial charge < -0.3 is 15.3 Å². The molecule has 3 aromatic rings. The summed E-state index contributed by atoms with van der Waals surface area (Å²) in [6.45, 7) is 4.08. The topological polar surface area (TPSA) is 85.8 Å². The number of nitrogens with one attached hydrogen (secondary N) is 1. The molecule has 1 fully saturated rings. The molecule has 35 heavy (non-hydrogen) atoms. The number of nitrogens with zero attached hydrogens (tertiary/aromatic N) is 3. The van der Waals surface area contributed by atoms with E-state index in [4.69, 9.17) is 0 Å². The number of β-amino-alcohol motifs (C(OH)–C–C–N with tert-alkyl or cyclic N) is 1. The number of benzene rings is 2. The van der Waals surface area contributed by atoms with Crippen molar-refractivity contribution in [3.05, 3.63) is 69.5 Å². The van der Waals surface area contributed by atoms with Gasteiger partial charge in [0.25, 0.3) is 0 Å². The molecule has 7 nitrogen and oxygen atoms in total. The number of aryl methyl sites for hydroxylation is 1. The lowest BCUT2D eigenvalue weighted by molar-refractivity contribution is -0.131. The van der Waals surface area contributed by atoms with Crippen molar-refractivity contribution in [3.8, 4) is 11.3 Å². The fourth-order valence-corrected chi connectivity index (χ4v) is 5.54. The Balaban J connectivity index is 1.39. The number of aliphatic hydroxyl groups is 1. The second kappa shape index (κ2) is 9.89. The summed E-state index contributed by atoms with van der Waals surface area (Å²) in [5, 5.41) is 16.0. The summed E-state index contributed by atoms with van der Waals surface area (Å²) in [4.78, 5) is 33.8. The quantitative estimate of drug-likeness (QED) is 0.530. The Kier molecular flexibility index (Phi) is 6.69. The van der Waals surface area contributed by atoms with Gasteiger partial charge in [-0.05, 0) is 42.2 Å². The lowest BCUT2D eigenvalue weighted by Crippen LogP contribution is -2.39. The highest BCUT2D eigenvalue weighted by Crippen LogP contribution is 2.30. The molecule has 0 bridgehead atoms. The van der Waals surface area contributed by atoms with Gasteiger partial charge in [0, 0.05) is 43.3 Å². The number of carbonyl (C=O) groups excluding carboxylic acids is 2. The van der Waals surface area contributed by atoms with Crippen LogP contribution < -0.4 is 5.32 Å². The molecule has 1 saturated heterocycles. The van der Waals surface area contributed by atoms with Gasteiger partial charge in [0.05, 0.1) is 35.7 Å². The number of amides is 2. The van der Waals surface area contributed by atoms with Crippen LogP contribution in [0.1, 0.15) is 34.2 Å². The van der Waals surface area contributed by atoms with Crippen molar-refractivity contribution in [2.45, 2.75) is 38.3 Å².